The summed E-state index contributed by atoms with van der Waals surface area (Å²) in [7, 11) is 1.80. The van der Waals surface area contributed by atoms with Gasteiger partial charge in [-0.05, 0) is 59.0 Å². The molecule has 1 aliphatic heterocycles. The number of nitrogens with one attached hydrogen (secondary N) is 1. The molecule has 0 amide bonds. The van der Waals surface area contributed by atoms with Gasteiger partial charge in [-0.25, -0.2) is 0 Å². The van der Waals surface area contributed by atoms with E-state index in [0.717, 1.165) is 13.0 Å². The van der Waals surface area contributed by atoms with Gasteiger partial charge in [-0.15, -0.1) is 0 Å². The van der Waals surface area contributed by atoms with E-state index in [1.165, 1.54) is 25.9 Å². The second-order valence-corrected chi connectivity index (χ2v) is 7.03. The molecule has 2 unspecified atom stereocenters. The number of hydrogen-bond acceptors (Lipinski definition) is 3. The third-order valence-corrected chi connectivity index (χ3v) is 4.41. The smallest absolute Gasteiger partial charge is 0.0637 e. The SMILES string of the molecule is COC(C)(C)CC(C)NCC(C(C)C)N1CCCC1. The van der Waals surface area contributed by atoms with Crippen LogP contribution in [0.1, 0.15) is 53.9 Å². The molecule has 0 aromatic rings. The summed E-state index contributed by atoms with van der Waals surface area (Å²) in [6.07, 6.45) is 3.79. The fourth-order valence-electron chi connectivity index (χ4n) is 3.07. The van der Waals surface area contributed by atoms with Gasteiger partial charge < -0.3 is 10.1 Å². The van der Waals surface area contributed by atoms with E-state index in [1.807, 2.05) is 0 Å². The van der Waals surface area contributed by atoms with Gasteiger partial charge in [-0.1, -0.05) is 13.8 Å². The summed E-state index contributed by atoms with van der Waals surface area (Å²) in [5.41, 5.74) is -0.0343. The van der Waals surface area contributed by atoms with Gasteiger partial charge in [0.15, 0.2) is 0 Å². The molecule has 0 spiro atoms. The molecule has 0 aromatic heterocycles. The van der Waals surface area contributed by atoms with Gasteiger partial charge in [0, 0.05) is 25.7 Å². The molecule has 3 heteroatoms. The molecule has 3 nitrogen and oxygen atoms in total. The van der Waals surface area contributed by atoms with E-state index < -0.39 is 0 Å². The lowest BCUT2D eigenvalue weighted by Gasteiger charge is -2.33. The van der Waals surface area contributed by atoms with Gasteiger partial charge in [0.05, 0.1) is 5.60 Å². The molecule has 1 rings (SSSR count). The zero-order valence-corrected chi connectivity index (χ0v) is 13.8. The Morgan fingerprint density at radius 1 is 1.16 bits per heavy atom. The predicted molar refractivity (Wildman–Crippen MR) is 82.6 cm³/mol. The van der Waals surface area contributed by atoms with E-state index in [9.17, 15) is 0 Å². The van der Waals surface area contributed by atoms with Crippen LogP contribution >= 0.6 is 0 Å². The monoisotopic (exact) mass is 270 g/mol. The van der Waals surface area contributed by atoms with E-state index in [-0.39, 0.29) is 5.60 Å². The fourth-order valence-corrected chi connectivity index (χ4v) is 3.07. The molecular formula is C16H34N2O. The highest BCUT2D eigenvalue weighted by Crippen LogP contribution is 2.19. The van der Waals surface area contributed by atoms with Crippen LogP contribution in [0.25, 0.3) is 0 Å². The predicted octanol–water partition coefficient (Wildman–Crippen LogP) is 2.90. The number of ether oxygens (including phenoxy) is 1. The van der Waals surface area contributed by atoms with E-state index >= 15 is 0 Å². The Balaban J connectivity index is 2.39. The molecule has 114 valence electrons. The minimum atomic E-state index is -0.0343. The van der Waals surface area contributed by atoms with E-state index in [1.54, 1.807) is 7.11 Å². The summed E-state index contributed by atoms with van der Waals surface area (Å²) in [6, 6.07) is 1.18. The molecule has 1 N–H and O–H groups in total. The lowest BCUT2D eigenvalue weighted by molar-refractivity contribution is 0.00784. The third kappa shape index (κ3) is 5.80. The Hall–Kier alpha value is -0.120. The summed E-state index contributed by atoms with van der Waals surface area (Å²) in [5.74, 6) is 0.716. The zero-order valence-electron chi connectivity index (χ0n) is 13.8. The Kier molecular flexibility index (Phi) is 6.78. The van der Waals surface area contributed by atoms with Crippen molar-refractivity contribution in [2.75, 3.05) is 26.7 Å². The first-order chi connectivity index (χ1) is 8.85. The molecular weight excluding hydrogens is 236 g/mol. The zero-order chi connectivity index (χ0) is 14.5. The average Bonchev–Trinajstić information content (AvgIpc) is 2.82. The van der Waals surface area contributed by atoms with Crippen molar-refractivity contribution in [3.05, 3.63) is 0 Å². The molecule has 1 fully saturated rings. The Bertz CT molecular complexity index is 247. The third-order valence-electron chi connectivity index (χ3n) is 4.41. The molecule has 1 saturated heterocycles. The highest BCUT2D eigenvalue weighted by Gasteiger charge is 2.26. The average molecular weight is 270 g/mol. The van der Waals surface area contributed by atoms with Crippen LogP contribution in [-0.4, -0.2) is 49.3 Å². The maximum Gasteiger partial charge on any atom is 0.0637 e. The van der Waals surface area contributed by atoms with Crippen molar-refractivity contribution in [3.8, 4) is 0 Å². The standard InChI is InChI=1S/C16H34N2O/c1-13(2)15(18-9-7-8-10-18)12-17-14(3)11-16(4,5)19-6/h13-15,17H,7-12H2,1-6H3. The minimum Gasteiger partial charge on any atom is -0.379 e. The van der Waals surface area contributed by atoms with Crippen molar-refractivity contribution in [3.63, 3.8) is 0 Å². The number of methoxy groups -OCH3 is 1. The number of rotatable bonds is 8. The maximum atomic E-state index is 5.51. The topological polar surface area (TPSA) is 24.5 Å². The largest absolute Gasteiger partial charge is 0.379 e. The van der Waals surface area contributed by atoms with E-state index in [4.69, 9.17) is 4.74 Å². The van der Waals surface area contributed by atoms with Crippen LogP contribution in [0.2, 0.25) is 0 Å². The highest BCUT2D eigenvalue weighted by molar-refractivity contribution is 4.83. The van der Waals surface area contributed by atoms with Gasteiger partial charge >= 0.3 is 0 Å². The van der Waals surface area contributed by atoms with E-state index in [0.29, 0.717) is 18.0 Å². The van der Waals surface area contributed by atoms with Crippen molar-refractivity contribution in [1.29, 1.82) is 0 Å². The van der Waals surface area contributed by atoms with Crippen LogP contribution in [0.5, 0.6) is 0 Å². The summed E-state index contributed by atoms with van der Waals surface area (Å²) in [6.45, 7) is 14.9. The fraction of sp³-hybridized carbons (Fsp3) is 1.00. The van der Waals surface area contributed by atoms with Crippen molar-refractivity contribution in [2.24, 2.45) is 5.92 Å². The van der Waals surface area contributed by atoms with Crippen LogP contribution in [0.3, 0.4) is 0 Å². The first kappa shape index (κ1) is 16.9. The minimum absolute atomic E-state index is 0.0343. The molecule has 0 bridgehead atoms. The van der Waals surface area contributed by atoms with Crippen molar-refractivity contribution in [2.45, 2.75) is 71.6 Å². The molecule has 0 aliphatic carbocycles. The van der Waals surface area contributed by atoms with Gasteiger partial charge in [-0.2, -0.15) is 0 Å². The molecule has 0 saturated carbocycles. The Morgan fingerprint density at radius 2 is 1.74 bits per heavy atom. The molecule has 19 heavy (non-hydrogen) atoms. The van der Waals surface area contributed by atoms with Crippen LogP contribution < -0.4 is 5.32 Å². The van der Waals surface area contributed by atoms with Crippen molar-refractivity contribution in [1.82, 2.24) is 10.2 Å². The number of likely N-dealkylation sites (tertiary alicyclic amines) is 1. The quantitative estimate of drug-likeness (QED) is 0.734. The Labute approximate surface area is 120 Å². The molecule has 2 atom stereocenters. The van der Waals surface area contributed by atoms with Crippen molar-refractivity contribution < 1.29 is 4.74 Å². The van der Waals surface area contributed by atoms with Crippen LogP contribution in [0, 0.1) is 5.92 Å². The van der Waals surface area contributed by atoms with Gasteiger partial charge in [0.2, 0.25) is 0 Å². The van der Waals surface area contributed by atoms with Gasteiger partial charge in [0.25, 0.3) is 0 Å². The van der Waals surface area contributed by atoms with Crippen molar-refractivity contribution >= 4 is 0 Å². The summed E-state index contributed by atoms with van der Waals surface area (Å²) >= 11 is 0. The second kappa shape index (κ2) is 7.61. The first-order valence-corrected chi connectivity index (χ1v) is 7.88. The second-order valence-electron chi connectivity index (χ2n) is 7.03. The Morgan fingerprint density at radius 3 is 2.21 bits per heavy atom. The van der Waals surface area contributed by atoms with Gasteiger partial charge in [0.1, 0.15) is 0 Å². The number of hydrogen-bond donors (Lipinski definition) is 1. The lowest BCUT2D eigenvalue weighted by atomic mass is 9.98. The summed E-state index contributed by atoms with van der Waals surface area (Å²) < 4.78 is 5.51. The molecule has 1 aliphatic rings. The summed E-state index contributed by atoms with van der Waals surface area (Å²) in [4.78, 5) is 2.66. The van der Waals surface area contributed by atoms with Gasteiger partial charge in [-0.3, -0.25) is 4.90 Å². The maximum absolute atomic E-state index is 5.51. The number of nitrogens with zero attached hydrogens (tertiary/aromatic N) is 1. The van der Waals surface area contributed by atoms with Crippen LogP contribution in [0.4, 0.5) is 0 Å². The molecule has 1 heterocycles. The lowest BCUT2D eigenvalue weighted by Crippen LogP contribution is -2.47. The van der Waals surface area contributed by atoms with Crippen LogP contribution in [-0.2, 0) is 4.74 Å². The molecule has 0 aromatic carbocycles. The normalized spacial score (nSPS) is 21.0. The first-order valence-electron chi connectivity index (χ1n) is 7.88. The van der Waals surface area contributed by atoms with Crippen LogP contribution in [0.15, 0.2) is 0 Å². The highest BCUT2D eigenvalue weighted by atomic mass is 16.5. The summed E-state index contributed by atoms with van der Waals surface area (Å²) in [5, 5.41) is 3.71. The molecule has 0 radical (unpaired) electrons. The van der Waals surface area contributed by atoms with E-state index in [2.05, 4.69) is 44.8 Å².